The van der Waals surface area contributed by atoms with Gasteiger partial charge in [-0.1, -0.05) is 80.4 Å². The van der Waals surface area contributed by atoms with Crippen molar-refractivity contribution in [3.8, 4) is 0 Å². The van der Waals surface area contributed by atoms with Crippen molar-refractivity contribution in [3.05, 3.63) is 103 Å². The Morgan fingerprint density at radius 1 is 0.781 bits per heavy atom. The van der Waals surface area contributed by atoms with Crippen LogP contribution in [0.1, 0.15) is 45.2 Å². The monoisotopic (exact) mass is 548 g/mol. The molecule has 0 N–H and O–H groups in total. The quantitative estimate of drug-likeness (QED) is 0.302. The van der Waals surface area contributed by atoms with Crippen LogP contribution in [0.4, 0.5) is 0 Å². The number of halogens is 2. The lowest BCUT2D eigenvalue weighted by Crippen LogP contribution is -2.41. The van der Waals surface area contributed by atoms with Gasteiger partial charge >= 0.3 is 0 Å². The molecule has 158 valence electrons. The fraction of sp³-hybridized carbons (Fsp3) is 0.192. The van der Waals surface area contributed by atoms with Gasteiger partial charge in [0, 0.05) is 20.8 Å². The zero-order valence-electron chi connectivity index (χ0n) is 17.1. The second-order valence-electron chi connectivity index (χ2n) is 8.61. The van der Waals surface area contributed by atoms with Crippen molar-refractivity contribution >= 4 is 49.9 Å². The Kier molecular flexibility index (Phi) is 4.53. The summed E-state index contributed by atoms with van der Waals surface area (Å²) in [5, 5.41) is 5.49. The van der Waals surface area contributed by atoms with Crippen LogP contribution in [0.3, 0.4) is 0 Å². The molecule has 3 aromatic carbocycles. The maximum atomic E-state index is 13.5. The Hall–Kier alpha value is -2.57. The molecule has 2 bridgehead atoms. The first-order valence-corrected chi connectivity index (χ1v) is 12.1. The highest BCUT2D eigenvalue weighted by atomic mass is 79.9. The van der Waals surface area contributed by atoms with Crippen molar-refractivity contribution in [2.75, 3.05) is 0 Å². The van der Waals surface area contributed by atoms with E-state index in [2.05, 4.69) is 61.2 Å². The first-order chi connectivity index (χ1) is 15.5. The van der Waals surface area contributed by atoms with Crippen LogP contribution in [0.2, 0.25) is 0 Å². The van der Waals surface area contributed by atoms with E-state index in [0.717, 1.165) is 47.3 Å². The smallest absolute Gasteiger partial charge is 0.254 e. The third kappa shape index (κ3) is 2.69. The predicted octanol–water partition coefficient (Wildman–Crippen LogP) is 5.75. The van der Waals surface area contributed by atoms with E-state index < -0.39 is 11.8 Å². The topological polar surface area (TPSA) is 49.7 Å². The summed E-state index contributed by atoms with van der Waals surface area (Å²) < 4.78 is 1.87. The Bertz CT molecular complexity index is 1210. The molecule has 2 amide bonds. The highest BCUT2D eigenvalue weighted by molar-refractivity contribution is 9.11. The van der Waals surface area contributed by atoms with Gasteiger partial charge in [0.2, 0.25) is 0 Å². The molecule has 1 aliphatic heterocycles. The molecule has 0 saturated carbocycles. The summed E-state index contributed by atoms with van der Waals surface area (Å²) in [5.41, 5.74) is 6.53. The minimum atomic E-state index is -0.411. The third-order valence-corrected chi connectivity index (χ3v) is 8.70. The minimum Gasteiger partial charge on any atom is -0.272 e. The molecular weight excluding hydrogens is 532 g/mol. The molecule has 1 saturated heterocycles. The van der Waals surface area contributed by atoms with E-state index in [0.29, 0.717) is 0 Å². The van der Waals surface area contributed by atoms with E-state index in [9.17, 15) is 9.59 Å². The van der Waals surface area contributed by atoms with Gasteiger partial charge in [0.1, 0.15) is 0 Å². The Morgan fingerprint density at radius 3 is 1.59 bits per heavy atom. The van der Waals surface area contributed by atoms with Crippen LogP contribution >= 0.6 is 31.9 Å². The molecular formula is C26H18Br2N2O2. The number of amides is 2. The van der Waals surface area contributed by atoms with E-state index in [-0.39, 0.29) is 23.7 Å². The van der Waals surface area contributed by atoms with Gasteiger partial charge in [-0.05, 0) is 52.4 Å². The van der Waals surface area contributed by atoms with Gasteiger partial charge in [-0.15, -0.1) is 0 Å². The van der Waals surface area contributed by atoms with Crippen molar-refractivity contribution in [3.63, 3.8) is 0 Å². The lowest BCUT2D eigenvalue weighted by Gasteiger charge is -2.45. The second-order valence-corrected chi connectivity index (χ2v) is 10.3. The van der Waals surface area contributed by atoms with Crippen molar-refractivity contribution in [2.24, 2.45) is 16.9 Å². The largest absolute Gasteiger partial charge is 0.272 e. The number of carbonyl (C=O) groups is 2. The number of rotatable bonds is 2. The highest BCUT2D eigenvalue weighted by Crippen LogP contribution is 2.60. The summed E-state index contributed by atoms with van der Waals surface area (Å²) >= 11 is 7.08. The number of carbonyl (C=O) groups excluding carboxylic acids is 2. The second kappa shape index (κ2) is 7.22. The fourth-order valence-electron chi connectivity index (χ4n) is 5.64. The zero-order valence-corrected chi connectivity index (χ0v) is 20.3. The zero-order chi connectivity index (χ0) is 22.1. The van der Waals surface area contributed by atoms with Crippen molar-refractivity contribution in [1.82, 2.24) is 5.01 Å². The number of hydrazone groups is 1. The maximum absolute atomic E-state index is 13.5. The van der Waals surface area contributed by atoms with Crippen LogP contribution in [0.25, 0.3) is 0 Å². The van der Waals surface area contributed by atoms with Gasteiger partial charge in [-0.3, -0.25) is 9.59 Å². The average Bonchev–Trinajstić information content (AvgIpc) is 3.06. The summed E-state index contributed by atoms with van der Waals surface area (Å²) in [6.07, 6.45) is 1.59. The number of nitrogens with zero attached hydrogens (tertiary/aromatic N) is 2. The van der Waals surface area contributed by atoms with Crippen LogP contribution in [-0.4, -0.2) is 23.0 Å². The summed E-state index contributed by atoms with van der Waals surface area (Å²) in [6, 6.07) is 20.3. The van der Waals surface area contributed by atoms with Crippen molar-refractivity contribution in [1.29, 1.82) is 0 Å². The van der Waals surface area contributed by atoms with Gasteiger partial charge in [0.05, 0.1) is 18.1 Å². The Labute approximate surface area is 202 Å². The van der Waals surface area contributed by atoms with E-state index in [1.807, 2.05) is 43.3 Å². The summed E-state index contributed by atoms with van der Waals surface area (Å²) in [5.74, 6) is -1.47. The van der Waals surface area contributed by atoms with Crippen LogP contribution in [0.15, 0.2) is 74.7 Å². The molecule has 4 aliphatic rings. The normalized spacial score (nSPS) is 25.3. The average molecular weight is 550 g/mol. The number of benzene rings is 3. The lowest BCUT2D eigenvalue weighted by atomic mass is 9.55. The molecule has 7 rings (SSSR count). The molecule has 1 fully saturated rings. The summed E-state index contributed by atoms with van der Waals surface area (Å²) in [7, 11) is 0. The molecule has 2 atom stereocenters. The molecule has 3 aliphatic carbocycles. The number of hydrogen-bond acceptors (Lipinski definition) is 3. The van der Waals surface area contributed by atoms with Crippen LogP contribution in [0, 0.1) is 18.8 Å². The van der Waals surface area contributed by atoms with Crippen LogP contribution < -0.4 is 0 Å². The predicted molar refractivity (Wildman–Crippen MR) is 130 cm³/mol. The van der Waals surface area contributed by atoms with Crippen LogP contribution in [-0.2, 0) is 9.59 Å². The summed E-state index contributed by atoms with van der Waals surface area (Å²) in [6.45, 7) is 2.00. The molecule has 0 spiro atoms. The molecule has 0 aromatic heterocycles. The van der Waals surface area contributed by atoms with Gasteiger partial charge < -0.3 is 0 Å². The molecule has 3 aromatic rings. The Balaban J connectivity index is 1.43. The van der Waals surface area contributed by atoms with Gasteiger partial charge in [-0.25, -0.2) is 0 Å². The van der Waals surface area contributed by atoms with E-state index in [1.165, 1.54) is 0 Å². The van der Waals surface area contributed by atoms with Crippen LogP contribution in [0.5, 0.6) is 0 Å². The number of hydrogen-bond donors (Lipinski definition) is 0. The van der Waals surface area contributed by atoms with Gasteiger partial charge in [-0.2, -0.15) is 10.1 Å². The SMILES string of the molecule is Cc1c(Br)cc(/C=N\N2C(=O)[C@@H]3C4c5ccccc5C(c5ccccc54)[C@H]3C2=O)cc1Br. The van der Waals surface area contributed by atoms with E-state index in [4.69, 9.17) is 0 Å². The molecule has 0 radical (unpaired) electrons. The van der Waals surface area contributed by atoms with E-state index in [1.54, 1.807) is 6.21 Å². The van der Waals surface area contributed by atoms with Crippen molar-refractivity contribution < 1.29 is 9.59 Å². The first kappa shape index (κ1) is 20.1. The molecule has 4 nitrogen and oxygen atoms in total. The minimum absolute atomic E-state index is 0.114. The molecule has 32 heavy (non-hydrogen) atoms. The van der Waals surface area contributed by atoms with E-state index >= 15 is 0 Å². The van der Waals surface area contributed by atoms with Gasteiger partial charge in [0.25, 0.3) is 11.8 Å². The molecule has 0 unspecified atom stereocenters. The fourth-order valence-corrected chi connectivity index (χ4v) is 6.86. The molecule has 1 heterocycles. The lowest BCUT2D eigenvalue weighted by molar-refractivity contribution is -0.139. The highest BCUT2D eigenvalue weighted by Gasteiger charge is 2.61. The third-order valence-electron chi connectivity index (χ3n) is 7.05. The Morgan fingerprint density at radius 2 is 1.19 bits per heavy atom. The standard InChI is InChI=1S/C26H18Br2N2O2/c1-13-19(27)10-14(11-20(13)28)12-29-30-25(31)23-21-15-6-2-3-7-16(15)22(24(23)26(30)32)18-9-5-4-8-17(18)21/h2-12,21-24H,1H3/b29-12-/t21?,22?,23-,24-/m1/s1. The number of imide groups is 1. The molecule has 6 heteroatoms. The summed E-state index contributed by atoms with van der Waals surface area (Å²) in [4.78, 5) is 27.1. The van der Waals surface area contributed by atoms with Gasteiger partial charge in [0.15, 0.2) is 0 Å². The van der Waals surface area contributed by atoms with Crippen molar-refractivity contribution in [2.45, 2.75) is 18.8 Å². The maximum Gasteiger partial charge on any atom is 0.254 e. The first-order valence-electron chi connectivity index (χ1n) is 10.5.